The molecule has 0 bridgehead atoms. The van der Waals surface area contributed by atoms with E-state index in [0.717, 1.165) is 80.8 Å². The number of aryl methyl sites for hydroxylation is 5. The number of aliphatic hydroxyl groups is 1. The smallest absolute Gasteiger partial charge is 0.187 e. The summed E-state index contributed by atoms with van der Waals surface area (Å²) in [7, 11) is 1.79. The van der Waals surface area contributed by atoms with Crippen molar-refractivity contribution in [2.45, 2.75) is 160 Å². The third-order valence-corrected chi connectivity index (χ3v) is 17.1. The van der Waals surface area contributed by atoms with Crippen molar-refractivity contribution in [3.8, 4) is 94.5 Å². The number of allylic oxidation sites excluding steroid dienone is 1. The van der Waals surface area contributed by atoms with Crippen LogP contribution in [0.15, 0.2) is 103 Å². The number of ether oxygens (including phenoxy) is 5. The van der Waals surface area contributed by atoms with Gasteiger partial charge in [0.2, 0.25) is 0 Å². The van der Waals surface area contributed by atoms with Crippen molar-refractivity contribution in [3.05, 3.63) is 178 Å². The molecule has 1 aliphatic heterocycles. The van der Waals surface area contributed by atoms with Crippen LogP contribution in [0.3, 0.4) is 0 Å². The third-order valence-electron chi connectivity index (χ3n) is 16.7. The normalized spacial score (nSPS) is 11.4. The minimum Gasteiger partial charge on any atom is -0.451 e. The summed E-state index contributed by atoms with van der Waals surface area (Å²) >= 11 is 3.43. The number of nitrogens with two attached hydrogens (primary N) is 1. The van der Waals surface area contributed by atoms with Crippen LogP contribution in [0.5, 0.6) is 57.5 Å². The average Bonchev–Trinajstić information content (AvgIpc) is 0.911. The molecule has 0 atom stereocenters. The molecular formula is C85H105BrN22O6. The summed E-state index contributed by atoms with van der Waals surface area (Å²) < 4.78 is 30.8. The lowest BCUT2D eigenvalue weighted by atomic mass is 10.0. The van der Waals surface area contributed by atoms with Crippen LogP contribution in [-0.2, 0) is 0 Å². The summed E-state index contributed by atoms with van der Waals surface area (Å²) in [5, 5.41) is 24.8. The van der Waals surface area contributed by atoms with Crippen LogP contribution in [-0.4, -0.2) is 144 Å². The van der Waals surface area contributed by atoms with Gasteiger partial charge in [-0.1, -0.05) is 79.7 Å². The number of anilines is 6. The molecule has 11 rings (SSSR count). The van der Waals surface area contributed by atoms with E-state index in [0.29, 0.717) is 128 Å². The second kappa shape index (κ2) is 44.1. The van der Waals surface area contributed by atoms with E-state index in [1.165, 1.54) is 25.9 Å². The molecule has 598 valence electrons. The molecular weight excluding hydrogens is 1500 g/mol. The van der Waals surface area contributed by atoms with Crippen LogP contribution in [0.25, 0.3) is 5.57 Å². The maximum atomic E-state index is 8.99. The molecule has 0 aromatic carbocycles. The fourth-order valence-electron chi connectivity index (χ4n) is 10.8. The molecule has 8 N–H and O–H groups in total. The molecule has 28 nitrogen and oxygen atoms in total. The Hall–Kier alpha value is -12.2. The molecule has 114 heavy (non-hydrogen) atoms. The minimum absolute atomic E-state index is 0.00374. The third kappa shape index (κ3) is 27.0. The van der Waals surface area contributed by atoms with Crippen molar-refractivity contribution in [2.24, 2.45) is 0 Å². The van der Waals surface area contributed by atoms with Gasteiger partial charge in [-0.3, -0.25) is 0 Å². The van der Waals surface area contributed by atoms with Gasteiger partial charge < -0.3 is 66.0 Å². The van der Waals surface area contributed by atoms with Crippen LogP contribution >= 0.6 is 15.9 Å². The Morgan fingerprint density at radius 3 is 1.25 bits per heavy atom. The van der Waals surface area contributed by atoms with E-state index in [9.17, 15) is 0 Å². The van der Waals surface area contributed by atoms with E-state index in [-0.39, 0.29) is 30.4 Å². The standard InChI is InChI=1S/C19H26BrN5O.C18H22N4O.C17H20N4O2.C16H18N4O.C15H19N5O/c1-13(2)15-11-23-18(20)10-16(15)26-17-12-22-14(3)24-19(17)21-6-9-25-7-4-5-8-25;1-7-14-8-16(15(9-20-14)11(2)3)23-17-10-19-13(6)22-18(17)21-12(4)5;1-5-13-8-15(14(9-20-13)11(2)3)23-16-10-19-12(4)21-17(16)18-6-7-22;1-6-12-7-14(13(8-19-12)10(2)3)21-15-9-18-11(4)20-16(15)17-5;1-5-17-14-6-12(11(7-19-14)9(2)3)21-13-8-18-10(4)20-15(13)16/h10-13H,4-9H2,1-3H3,(H,21,22,24);1,8-12H,2-6H3,(H,19,21,22);1,8-11,22H,6-7H2,2-4H3,(H,18,19,21);1,7-10H,2-5H3,(H,17,18,20);6-8H,2,5H2,1,3-4H3,(H,17,19)(H2,16,18,20). The monoisotopic (exact) mass is 1610 g/mol. The molecule has 0 spiro atoms. The topological polar surface area (TPSA) is 349 Å². The average molecular weight is 1610 g/mol. The summed E-state index contributed by atoms with van der Waals surface area (Å²) in [4.78, 5) is 66.4. The number of aliphatic hydroxyl groups excluding tert-OH is 1. The summed E-state index contributed by atoms with van der Waals surface area (Å²) in [6.45, 7) is 43.1. The number of nitrogen functional groups attached to an aromatic ring is 1. The molecule has 29 heteroatoms. The first-order valence-corrected chi connectivity index (χ1v) is 38.4. The predicted molar refractivity (Wildman–Crippen MR) is 455 cm³/mol. The number of rotatable bonds is 27. The van der Waals surface area contributed by atoms with Gasteiger partial charge in [-0.15, -0.1) is 19.3 Å². The highest BCUT2D eigenvalue weighted by molar-refractivity contribution is 9.10. The van der Waals surface area contributed by atoms with E-state index in [1.54, 1.807) is 94.9 Å². The minimum atomic E-state index is -0.00374. The molecule has 10 aromatic rings. The Morgan fingerprint density at radius 1 is 0.482 bits per heavy atom. The quantitative estimate of drug-likeness (QED) is 0.0186. The number of terminal acetylenes is 3. The number of nitrogens with zero attached hydrogens (tertiary/aromatic N) is 16. The van der Waals surface area contributed by atoms with Crippen LogP contribution in [0.2, 0.25) is 0 Å². The van der Waals surface area contributed by atoms with Crippen molar-refractivity contribution < 1.29 is 28.8 Å². The van der Waals surface area contributed by atoms with Gasteiger partial charge in [0.05, 0.1) is 37.6 Å². The van der Waals surface area contributed by atoms with E-state index in [1.807, 2.05) is 66.8 Å². The van der Waals surface area contributed by atoms with E-state index in [2.05, 4.69) is 202 Å². The Bertz CT molecular complexity index is 5000. The predicted octanol–water partition coefficient (Wildman–Crippen LogP) is 16.9. The maximum absolute atomic E-state index is 8.99. The number of halogens is 1. The van der Waals surface area contributed by atoms with Crippen molar-refractivity contribution in [1.29, 1.82) is 0 Å². The highest BCUT2D eigenvalue weighted by atomic mass is 79.9. The van der Waals surface area contributed by atoms with E-state index >= 15 is 0 Å². The van der Waals surface area contributed by atoms with E-state index < -0.39 is 0 Å². The number of pyridine rings is 5. The lowest BCUT2D eigenvalue weighted by molar-refractivity contribution is 0.310. The molecule has 1 saturated heterocycles. The first kappa shape index (κ1) is 89.0. The number of hydrogen-bond donors (Lipinski definition) is 7. The molecule has 10 aromatic heterocycles. The Morgan fingerprint density at radius 2 is 0.860 bits per heavy atom. The molecule has 0 radical (unpaired) electrons. The summed E-state index contributed by atoms with van der Waals surface area (Å²) in [5.41, 5.74) is 13.1. The first-order valence-electron chi connectivity index (χ1n) is 37.6. The van der Waals surface area contributed by atoms with Gasteiger partial charge in [-0.2, -0.15) is 0 Å². The van der Waals surface area contributed by atoms with Crippen molar-refractivity contribution in [2.75, 3.05) is 85.2 Å². The number of hydrogen-bond acceptors (Lipinski definition) is 28. The second-order valence-electron chi connectivity index (χ2n) is 27.7. The highest BCUT2D eigenvalue weighted by Gasteiger charge is 2.21. The zero-order chi connectivity index (χ0) is 83.1. The van der Waals surface area contributed by atoms with Crippen LogP contribution in [0.4, 0.5) is 34.9 Å². The Kier molecular flexibility index (Phi) is 34.4. The van der Waals surface area contributed by atoms with Gasteiger partial charge in [-0.05, 0) is 133 Å². The zero-order valence-corrected chi connectivity index (χ0v) is 70.0. The van der Waals surface area contributed by atoms with Gasteiger partial charge in [0.1, 0.15) is 85.4 Å². The van der Waals surface area contributed by atoms with Crippen LogP contribution in [0.1, 0.15) is 194 Å². The molecule has 1 fully saturated rings. The summed E-state index contributed by atoms with van der Waals surface area (Å²) in [6.07, 6.45) is 35.9. The Balaban J connectivity index is 0.000000198. The maximum Gasteiger partial charge on any atom is 0.187 e. The summed E-state index contributed by atoms with van der Waals surface area (Å²) in [5.74, 6) is 21.5. The number of nitrogens with one attached hydrogen (secondary N) is 5. The second-order valence-corrected chi connectivity index (χ2v) is 28.5. The van der Waals surface area contributed by atoms with E-state index in [4.69, 9.17) is 53.8 Å². The fourth-order valence-corrected chi connectivity index (χ4v) is 11.1. The number of likely N-dealkylation sites (tertiary alicyclic amines) is 1. The van der Waals surface area contributed by atoms with Crippen LogP contribution in [0, 0.1) is 71.7 Å². The summed E-state index contributed by atoms with van der Waals surface area (Å²) in [6, 6.07) is 9.19. The fraction of sp³-hybridized carbons (Fsp3) is 0.376. The van der Waals surface area contributed by atoms with Gasteiger partial charge in [-0.25, -0.2) is 74.8 Å². The lowest BCUT2D eigenvalue weighted by Gasteiger charge is -2.18. The molecule has 0 aliphatic carbocycles. The first-order chi connectivity index (χ1) is 54.5. The molecule has 11 heterocycles. The lowest BCUT2D eigenvalue weighted by Crippen LogP contribution is -2.26. The Labute approximate surface area is 678 Å². The van der Waals surface area contributed by atoms with Gasteiger partial charge in [0.25, 0.3) is 0 Å². The largest absolute Gasteiger partial charge is 0.451 e. The van der Waals surface area contributed by atoms with Crippen LogP contribution < -0.4 is 56.0 Å². The van der Waals surface area contributed by atoms with Gasteiger partial charge in [0.15, 0.2) is 57.8 Å². The zero-order valence-electron chi connectivity index (χ0n) is 68.4. The molecule has 0 unspecified atom stereocenters. The van der Waals surface area contributed by atoms with Crippen molar-refractivity contribution >= 4 is 56.4 Å². The van der Waals surface area contributed by atoms with Gasteiger partial charge in [0, 0.05) is 128 Å². The highest BCUT2D eigenvalue weighted by Crippen LogP contribution is 2.39. The molecule has 0 amide bonds. The van der Waals surface area contributed by atoms with Crippen molar-refractivity contribution in [3.63, 3.8) is 0 Å². The molecule has 1 aliphatic rings. The number of aromatic nitrogens is 15. The SMILES string of the molecule is C#Cc1cc(Oc2cnc(C)nc2NC(C)C)c(C(C)C)cn1.C#Cc1cc(Oc2cnc(C)nc2NC)c(C(C)C)cn1.C#Cc1cc(Oc2cnc(C)nc2NCCO)c(C(C)C)cn1.C=C(C)c1cnc(NCC)cc1Oc1cnc(C)nc1N.Cc1ncc(Oc2cc(Br)ncc2C(C)C)c(NCCN2CCCC2)n1. The van der Waals surface area contributed by atoms with Gasteiger partial charge >= 0.3 is 0 Å². The van der Waals surface area contributed by atoms with Crippen molar-refractivity contribution in [1.82, 2.24) is 79.7 Å². The molecule has 0 saturated carbocycles.